The molecule has 0 aromatic carbocycles. The third-order valence-electron chi connectivity index (χ3n) is 2.59. The monoisotopic (exact) mass is 214 g/mol. The standard InChI is InChI=1S/C11H22N2O2/c1-11(2,8-15-3)13-10(14)9-6-4-5-7-12-9/h9,12H,4-8H2,1-3H3,(H,13,14)/t9-/m0/s1. The van der Waals surface area contributed by atoms with Crippen molar-refractivity contribution in [1.82, 2.24) is 10.6 Å². The highest BCUT2D eigenvalue weighted by molar-refractivity contribution is 5.82. The number of hydrogen-bond donors (Lipinski definition) is 2. The van der Waals surface area contributed by atoms with Gasteiger partial charge in [-0.25, -0.2) is 0 Å². The molecule has 0 radical (unpaired) electrons. The molecule has 0 aliphatic carbocycles. The third kappa shape index (κ3) is 4.18. The summed E-state index contributed by atoms with van der Waals surface area (Å²) in [6, 6.07) is -0.0186. The van der Waals surface area contributed by atoms with E-state index in [-0.39, 0.29) is 17.5 Å². The van der Waals surface area contributed by atoms with Crippen LogP contribution in [0.15, 0.2) is 0 Å². The van der Waals surface area contributed by atoms with Gasteiger partial charge in [0.2, 0.25) is 5.91 Å². The van der Waals surface area contributed by atoms with E-state index in [9.17, 15) is 4.79 Å². The van der Waals surface area contributed by atoms with Crippen molar-refractivity contribution in [3.05, 3.63) is 0 Å². The van der Waals surface area contributed by atoms with Gasteiger partial charge in [-0.05, 0) is 33.2 Å². The van der Waals surface area contributed by atoms with Crippen molar-refractivity contribution in [2.24, 2.45) is 0 Å². The van der Waals surface area contributed by atoms with Crippen LogP contribution in [0.25, 0.3) is 0 Å². The minimum atomic E-state index is -0.287. The molecular formula is C11H22N2O2. The lowest BCUT2D eigenvalue weighted by Crippen LogP contribution is -2.54. The number of methoxy groups -OCH3 is 1. The van der Waals surface area contributed by atoms with Crippen LogP contribution < -0.4 is 10.6 Å². The van der Waals surface area contributed by atoms with Crippen LogP contribution >= 0.6 is 0 Å². The van der Waals surface area contributed by atoms with Crippen LogP contribution in [0.1, 0.15) is 33.1 Å². The maximum atomic E-state index is 11.9. The van der Waals surface area contributed by atoms with E-state index in [1.165, 1.54) is 6.42 Å². The first-order valence-corrected chi connectivity index (χ1v) is 5.59. The number of ether oxygens (including phenoxy) is 1. The minimum Gasteiger partial charge on any atom is -0.382 e. The number of carbonyl (C=O) groups excluding carboxylic acids is 1. The quantitative estimate of drug-likeness (QED) is 0.723. The fraction of sp³-hybridized carbons (Fsp3) is 0.909. The smallest absolute Gasteiger partial charge is 0.237 e. The zero-order chi connectivity index (χ0) is 11.3. The molecule has 1 saturated heterocycles. The van der Waals surface area contributed by atoms with Gasteiger partial charge in [0.1, 0.15) is 0 Å². The van der Waals surface area contributed by atoms with Crippen molar-refractivity contribution in [2.75, 3.05) is 20.3 Å². The van der Waals surface area contributed by atoms with Crippen molar-refractivity contribution >= 4 is 5.91 Å². The van der Waals surface area contributed by atoms with Gasteiger partial charge in [0.25, 0.3) is 0 Å². The van der Waals surface area contributed by atoms with E-state index in [4.69, 9.17) is 4.74 Å². The van der Waals surface area contributed by atoms with Crippen LogP contribution in [0.5, 0.6) is 0 Å². The fourth-order valence-electron chi connectivity index (χ4n) is 1.89. The average molecular weight is 214 g/mol. The molecule has 1 heterocycles. The van der Waals surface area contributed by atoms with Crippen LogP contribution in [0, 0.1) is 0 Å². The highest BCUT2D eigenvalue weighted by Crippen LogP contribution is 2.09. The Balaban J connectivity index is 2.39. The van der Waals surface area contributed by atoms with Crippen molar-refractivity contribution in [3.8, 4) is 0 Å². The SMILES string of the molecule is COCC(C)(C)NC(=O)[C@@H]1CCCCN1. The topological polar surface area (TPSA) is 50.4 Å². The molecule has 0 spiro atoms. The van der Waals surface area contributed by atoms with E-state index in [0.717, 1.165) is 19.4 Å². The summed E-state index contributed by atoms with van der Waals surface area (Å²) >= 11 is 0. The molecule has 1 atom stereocenters. The van der Waals surface area contributed by atoms with Crippen LogP contribution in [-0.4, -0.2) is 37.7 Å². The largest absolute Gasteiger partial charge is 0.382 e. The number of amides is 1. The molecule has 0 aromatic heterocycles. The first-order chi connectivity index (χ1) is 7.05. The molecule has 0 bridgehead atoms. The van der Waals surface area contributed by atoms with E-state index >= 15 is 0 Å². The van der Waals surface area contributed by atoms with Crippen molar-refractivity contribution < 1.29 is 9.53 Å². The van der Waals surface area contributed by atoms with Gasteiger partial charge >= 0.3 is 0 Å². The van der Waals surface area contributed by atoms with Gasteiger partial charge in [-0.2, -0.15) is 0 Å². The molecule has 0 aromatic rings. The number of piperidine rings is 1. The normalized spacial score (nSPS) is 22.5. The Kier molecular flexibility index (Phi) is 4.54. The fourth-order valence-corrected chi connectivity index (χ4v) is 1.89. The molecule has 4 nitrogen and oxygen atoms in total. The second-order valence-corrected chi connectivity index (χ2v) is 4.81. The maximum absolute atomic E-state index is 11.9. The predicted octanol–water partition coefficient (Wildman–Crippen LogP) is 0.670. The lowest BCUT2D eigenvalue weighted by molar-refractivity contribution is -0.125. The molecule has 1 amide bonds. The molecule has 0 saturated carbocycles. The van der Waals surface area contributed by atoms with Gasteiger partial charge in [0.15, 0.2) is 0 Å². The summed E-state index contributed by atoms with van der Waals surface area (Å²) in [5.41, 5.74) is -0.287. The van der Waals surface area contributed by atoms with Crippen molar-refractivity contribution in [1.29, 1.82) is 0 Å². The third-order valence-corrected chi connectivity index (χ3v) is 2.59. The molecular weight excluding hydrogens is 192 g/mol. The summed E-state index contributed by atoms with van der Waals surface area (Å²) in [5.74, 6) is 0.0942. The Morgan fingerprint density at radius 2 is 2.27 bits per heavy atom. The second kappa shape index (κ2) is 5.47. The Morgan fingerprint density at radius 3 is 2.80 bits per heavy atom. The highest BCUT2D eigenvalue weighted by Gasteiger charge is 2.26. The van der Waals surface area contributed by atoms with E-state index in [0.29, 0.717) is 6.61 Å². The summed E-state index contributed by atoms with van der Waals surface area (Å²) in [7, 11) is 1.65. The van der Waals surface area contributed by atoms with Crippen LogP contribution in [0.3, 0.4) is 0 Å². The molecule has 88 valence electrons. The summed E-state index contributed by atoms with van der Waals surface area (Å²) in [5, 5.41) is 6.23. The van der Waals surface area contributed by atoms with E-state index < -0.39 is 0 Å². The molecule has 15 heavy (non-hydrogen) atoms. The Morgan fingerprint density at radius 1 is 1.53 bits per heavy atom. The van der Waals surface area contributed by atoms with Crippen molar-refractivity contribution in [2.45, 2.75) is 44.7 Å². The molecule has 1 fully saturated rings. The van der Waals surface area contributed by atoms with Crippen LogP contribution in [-0.2, 0) is 9.53 Å². The first kappa shape index (κ1) is 12.5. The van der Waals surface area contributed by atoms with E-state index in [1.807, 2.05) is 13.8 Å². The molecule has 4 heteroatoms. The number of carbonyl (C=O) groups is 1. The molecule has 2 N–H and O–H groups in total. The summed E-state index contributed by atoms with van der Waals surface area (Å²) in [4.78, 5) is 11.9. The second-order valence-electron chi connectivity index (χ2n) is 4.81. The van der Waals surface area contributed by atoms with Gasteiger partial charge < -0.3 is 15.4 Å². The summed E-state index contributed by atoms with van der Waals surface area (Å²) in [6.45, 7) is 5.42. The van der Waals surface area contributed by atoms with Crippen molar-refractivity contribution in [3.63, 3.8) is 0 Å². The number of rotatable bonds is 4. The Bertz CT molecular complexity index is 211. The van der Waals surface area contributed by atoms with E-state index in [2.05, 4.69) is 10.6 Å². The number of nitrogens with one attached hydrogen (secondary N) is 2. The Hall–Kier alpha value is -0.610. The molecule has 1 aliphatic heterocycles. The summed E-state index contributed by atoms with van der Waals surface area (Å²) < 4.78 is 5.06. The van der Waals surface area contributed by atoms with Gasteiger partial charge in [0, 0.05) is 7.11 Å². The summed E-state index contributed by atoms with van der Waals surface area (Å²) in [6.07, 6.45) is 3.25. The Labute approximate surface area is 91.8 Å². The van der Waals surface area contributed by atoms with Gasteiger partial charge in [-0.1, -0.05) is 6.42 Å². The molecule has 1 rings (SSSR count). The lowest BCUT2D eigenvalue weighted by Gasteiger charge is -2.30. The zero-order valence-corrected chi connectivity index (χ0v) is 9.93. The van der Waals surface area contributed by atoms with Gasteiger partial charge in [-0.3, -0.25) is 4.79 Å². The minimum absolute atomic E-state index is 0.0186. The van der Waals surface area contributed by atoms with Gasteiger partial charge in [0.05, 0.1) is 18.2 Å². The van der Waals surface area contributed by atoms with E-state index in [1.54, 1.807) is 7.11 Å². The average Bonchev–Trinajstić information content (AvgIpc) is 2.18. The van der Waals surface area contributed by atoms with Crippen LogP contribution in [0.4, 0.5) is 0 Å². The molecule has 0 unspecified atom stereocenters. The van der Waals surface area contributed by atoms with Crippen LogP contribution in [0.2, 0.25) is 0 Å². The first-order valence-electron chi connectivity index (χ1n) is 5.59. The lowest BCUT2D eigenvalue weighted by atomic mass is 10.0. The maximum Gasteiger partial charge on any atom is 0.237 e. The van der Waals surface area contributed by atoms with Gasteiger partial charge in [-0.15, -0.1) is 0 Å². The molecule has 1 aliphatic rings. The highest BCUT2D eigenvalue weighted by atomic mass is 16.5. The number of hydrogen-bond acceptors (Lipinski definition) is 3. The zero-order valence-electron chi connectivity index (χ0n) is 9.93. The predicted molar refractivity (Wildman–Crippen MR) is 59.7 cm³/mol.